The van der Waals surface area contributed by atoms with Crippen LogP contribution in [0.25, 0.3) is 21.7 Å². The fraction of sp³-hybridized carbons (Fsp3) is 0.125. The number of amides is 1. The molecular formula is C16H14N6O2S2. The number of thiophene rings is 1. The minimum Gasteiger partial charge on any atom is -0.325 e. The summed E-state index contributed by atoms with van der Waals surface area (Å²) in [6.07, 6.45) is 0. The van der Waals surface area contributed by atoms with Crippen LogP contribution in [0.1, 0.15) is 0 Å². The van der Waals surface area contributed by atoms with Crippen LogP contribution in [0, 0.1) is 0 Å². The van der Waals surface area contributed by atoms with E-state index in [1.807, 2.05) is 29.1 Å². The molecule has 0 atom stereocenters. The number of carbonyl (C=O) groups is 1. The van der Waals surface area contributed by atoms with E-state index in [0.717, 1.165) is 10.7 Å². The van der Waals surface area contributed by atoms with Crippen LogP contribution in [0.4, 0.5) is 5.69 Å². The van der Waals surface area contributed by atoms with Gasteiger partial charge in [0.05, 0.1) is 21.7 Å². The lowest BCUT2D eigenvalue weighted by Crippen LogP contribution is -2.14. The zero-order chi connectivity index (χ0) is 18.1. The molecule has 0 aliphatic carbocycles. The summed E-state index contributed by atoms with van der Waals surface area (Å²) in [7, 11) is 1.88. The molecule has 3 N–H and O–H groups in total. The smallest absolute Gasteiger partial charge is 0.323 e. The number of carbonyl (C=O) groups excluding carboxylic acids is 1. The molecule has 3 heterocycles. The Labute approximate surface area is 155 Å². The topological polar surface area (TPSA) is 108 Å². The number of nitrogens with zero attached hydrogens (tertiary/aromatic N) is 3. The maximum absolute atomic E-state index is 12.2. The normalized spacial score (nSPS) is 11.1. The molecular weight excluding hydrogens is 372 g/mol. The first kappa shape index (κ1) is 16.6. The Morgan fingerprint density at radius 1 is 1.27 bits per heavy atom. The molecule has 8 nitrogen and oxygen atoms in total. The maximum Gasteiger partial charge on any atom is 0.323 e. The summed E-state index contributed by atoms with van der Waals surface area (Å²) in [4.78, 5) is 29.8. The van der Waals surface area contributed by atoms with Gasteiger partial charge in [0.15, 0.2) is 11.0 Å². The molecule has 0 radical (unpaired) electrons. The first-order valence-electron chi connectivity index (χ1n) is 7.68. The van der Waals surface area contributed by atoms with Crippen LogP contribution in [-0.4, -0.2) is 36.4 Å². The first-order chi connectivity index (χ1) is 12.6. The van der Waals surface area contributed by atoms with Crippen molar-refractivity contribution in [2.24, 2.45) is 7.05 Å². The van der Waals surface area contributed by atoms with E-state index < -0.39 is 0 Å². The number of benzene rings is 1. The highest BCUT2D eigenvalue weighted by atomic mass is 32.2. The van der Waals surface area contributed by atoms with Crippen LogP contribution in [0.5, 0.6) is 0 Å². The largest absolute Gasteiger partial charge is 0.325 e. The molecule has 1 amide bonds. The average molecular weight is 386 g/mol. The van der Waals surface area contributed by atoms with Crippen molar-refractivity contribution >= 4 is 45.7 Å². The Hall–Kier alpha value is -2.85. The van der Waals surface area contributed by atoms with Gasteiger partial charge in [0.2, 0.25) is 5.91 Å². The van der Waals surface area contributed by atoms with Crippen molar-refractivity contribution in [3.05, 3.63) is 46.2 Å². The molecule has 0 unspecified atom stereocenters. The Balaban J connectivity index is 1.41. The molecule has 26 heavy (non-hydrogen) atoms. The van der Waals surface area contributed by atoms with Gasteiger partial charge in [-0.25, -0.2) is 4.79 Å². The van der Waals surface area contributed by atoms with Crippen LogP contribution in [0.2, 0.25) is 0 Å². The number of imidazole rings is 1. The van der Waals surface area contributed by atoms with Gasteiger partial charge in [0, 0.05) is 12.7 Å². The standard InChI is InChI=1S/C16H14N6O2S2/c1-22-14(12-3-2-6-25-12)20-21-16(22)26-8-13(23)17-9-4-5-10-11(7-9)19-15(24)18-10/h2-7H,8H2,1H3,(H,17,23)(H2,18,19,24). The molecule has 1 aromatic carbocycles. The SMILES string of the molecule is Cn1c(SCC(=O)Nc2ccc3[nH]c(=O)[nH]c3c2)nnc1-c1cccs1. The summed E-state index contributed by atoms with van der Waals surface area (Å²) < 4.78 is 1.88. The summed E-state index contributed by atoms with van der Waals surface area (Å²) in [6, 6.07) is 9.14. The van der Waals surface area contributed by atoms with Crippen LogP contribution in [0.3, 0.4) is 0 Å². The number of hydrogen-bond donors (Lipinski definition) is 3. The third kappa shape index (κ3) is 3.28. The van der Waals surface area contributed by atoms with Gasteiger partial charge in [-0.2, -0.15) is 0 Å². The van der Waals surface area contributed by atoms with E-state index in [-0.39, 0.29) is 17.3 Å². The molecule has 0 saturated heterocycles. The second-order valence-corrected chi connectivity index (χ2v) is 7.41. The third-order valence-corrected chi connectivity index (χ3v) is 5.59. The number of hydrogen-bond acceptors (Lipinski definition) is 6. The molecule has 0 fully saturated rings. The van der Waals surface area contributed by atoms with E-state index in [4.69, 9.17) is 0 Å². The average Bonchev–Trinajstić information content (AvgIpc) is 3.32. The van der Waals surface area contributed by atoms with Crippen LogP contribution >= 0.6 is 23.1 Å². The molecule has 0 saturated carbocycles. The fourth-order valence-corrected chi connectivity index (χ4v) is 3.95. The minimum absolute atomic E-state index is 0.159. The van der Waals surface area contributed by atoms with E-state index in [9.17, 15) is 9.59 Å². The van der Waals surface area contributed by atoms with E-state index >= 15 is 0 Å². The summed E-state index contributed by atoms with van der Waals surface area (Å²) in [5.74, 6) is 0.829. The predicted octanol–water partition coefficient (Wildman–Crippen LogP) is 2.44. The second kappa shape index (κ2) is 6.81. The summed E-state index contributed by atoms with van der Waals surface area (Å²) in [6.45, 7) is 0. The van der Waals surface area contributed by atoms with Crippen molar-refractivity contribution in [2.45, 2.75) is 5.16 Å². The van der Waals surface area contributed by atoms with Gasteiger partial charge in [-0.3, -0.25) is 4.79 Å². The van der Waals surface area contributed by atoms with Gasteiger partial charge >= 0.3 is 5.69 Å². The number of rotatable bonds is 5. The van der Waals surface area contributed by atoms with E-state index in [0.29, 0.717) is 21.9 Å². The zero-order valence-electron chi connectivity index (χ0n) is 13.6. The van der Waals surface area contributed by atoms with Gasteiger partial charge in [-0.15, -0.1) is 21.5 Å². The molecule has 0 spiro atoms. The van der Waals surface area contributed by atoms with Gasteiger partial charge in [0.1, 0.15) is 0 Å². The van der Waals surface area contributed by atoms with E-state index in [1.54, 1.807) is 29.5 Å². The highest BCUT2D eigenvalue weighted by molar-refractivity contribution is 7.99. The van der Waals surface area contributed by atoms with Gasteiger partial charge in [0.25, 0.3) is 0 Å². The maximum atomic E-state index is 12.2. The molecule has 4 aromatic rings. The lowest BCUT2D eigenvalue weighted by Gasteiger charge is -2.05. The van der Waals surface area contributed by atoms with Crippen LogP contribution in [-0.2, 0) is 11.8 Å². The highest BCUT2D eigenvalue weighted by Crippen LogP contribution is 2.26. The lowest BCUT2D eigenvalue weighted by atomic mass is 10.3. The summed E-state index contributed by atoms with van der Waals surface area (Å²) in [5, 5.41) is 13.8. The van der Waals surface area contributed by atoms with Crippen molar-refractivity contribution in [1.82, 2.24) is 24.7 Å². The molecule has 10 heteroatoms. The molecule has 0 bridgehead atoms. The molecule has 0 aliphatic rings. The molecule has 3 aromatic heterocycles. The molecule has 132 valence electrons. The number of aromatic amines is 2. The van der Waals surface area contributed by atoms with Crippen molar-refractivity contribution in [3.63, 3.8) is 0 Å². The number of nitrogens with one attached hydrogen (secondary N) is 3. The van der Waals surface area contributed by atoms with Gasteiger partial charge < -0.3 is 19.9 Å². The zero-order valence-corrected chi connectivity index (χ0v) is 15.3. The highest BCUT2D eigenvalue weighted by Gasteiger charge is 2.13. The van der Waals surface area contributed by atoms with Crippen molar-refractivity contribution in [3.8, 4) is 10.7 Å². The first-order valence-corrected chi connectivity index (χ1v) is 9.54. The third-order valence-electron chi connectivity index (χ3n) is 3.71. The fourth-order valence-electron chi connectivity index (χ4n) is 2.50. The Morgan fingerprint density at radius 3 is 2.92 bits per heavy atom. The lowest BCUT2D eigenvalue weighted by molar-refractivity contribution is -0.113. The van der Waals surface area contributed by atoms with Crippen molar-refractivity contribution in [1.29, 1.82) is 0 Å². The number of thioether (sulfide) groups is 1. The Bertz CT molecular complexity index is 1130. The van der Waals surface area contributed by atoms with Gasteiger partial charge in [-0.05, 0) is 29.6 Å². The quantitative estimate of drug-likeness (QED) is 0.457. The predicted molar refractivity (Wildman–Crippen MR) is 103 cm³/mol. The van der Waals surface area contributed by atoms with Crippen LogP contribution in [0.15, 0.2) is 45.7 Å². The number of aromatic nitrogens is 5. The Kier molecular flexibility index (Phi) is 4.35. The number of anilines is 1. The van der Waals surface area contributed by atoms with Crippen molar-refractivity contribution < 1.29 is 4.79 Å². The minimum atomic E-state index is -0.275. The number of fused-ring (bicyclic) bond motifs is 1. The summed E-state index contributed by atoms with van der Waals surface area (Å²) in [5.41, 5.74) is 1.69. The van der Waals surface area contributed by atoms with E-state index in [1.165, 1.54) is 11.8 Å². The monoisotopic (exact) mass is 386 g/mol. The van der Waals surface area contributed by atoms with Gasteiger partial charge in [-0.1, -0.05) is 17.8 Å². The summed E-state index contributed by atoms with van der Waals surface area (Å²) >= 11 is 2.91. The van der Waals surface area contributed by atoms with E-state index in [2.05, 4.69) is 25.5 Å². The molecule has 0 aliphatic heterocycles. The Morgan fingerprint density at radius 2 is 2.12 bits per heavy atom. The van der Waals surface area contributed by atoms with Crippen LogP contribution < -0.4 is 11.0 Å². The number of H-pyrrole nitrogens is 2. The second-order valence-electron chi connectivity index (χ2n) is 5.52. The molecule has 4 rings (SSSR count). The van der Waals surface area contributed by atoms with Crippen molar-refractivity contribution in [2.75, 3.05) is 11.1 Å².